The Hall–Kier alpha value is -1.25. The molecule has 0 N–H and O–H groups in total. The van der Waals surface area contributed by atoms with Gasteiger partial charge >= 0.3 is 0 Å². The Labute approximate surface area is 96.1 Å². The molecule has 0 saturated carbocycles. The smallest absolute Gasteiger partial charge is 0.132 e. The van der Waals surface area contributed by atoms with Gasteiger partial charge in [-0.1, -0.05) is 35.3 Å². The van der Waals surface area contributed by atoms with Gasteiger partial charge in [0, 0.05) is 0 Å². The maximum absolute atomic E-state index is 6.12. The molecule has 0 atom stereocenters. The predicted octanol–water partition coefficient (Wildman–Crippen LogP) is 3.79. The first-order valence-electron chi connectivity index (χ1n) is 4.47. The van der Waals surface area contributed by atoms with Crippen LogP contribution in [-0.2, 0) is 0 Å². The van der Waals surface area contributed by atoms with Crippen molar-refractivity contribution in [1.82, 2.24) is 9.38 Å². The monoisotopic (exact) mass is 236 g/mol. The minimum atomic E-state index is 0.533. The Balaban J connectivity index is 2.63. The van der Waals surface area contributed by atoms with Gasteiger partial charge in [-0.25, -0.2) is 0 Å². The van der Waals surface area contributed by atoms with Crippen molar-refractivity contribution in [2.24, 2.45) is 0 Å². The molecule has 2 aromatic heterocycles. The van der Waals surface area contributed by atoms with Gasteiger partial charge in [0.2, 0.25) is 0 Å². The van der Waals surface area contributed by atoms with Crippen LogP contribution in [0.2, 0.25) is 10.2 Å². The first kappa shape index (κ1) is 9.01. The highest BCUT2D eigenvalue weighted by Gasteiger charge is 2.08. The number of aromatic nitrogens is 2. The van der Waals surface area contributed by atoms with Crippen LogP contribution in [0, 0.1) is 0 Å². The highest BCUT2D eigenvalue weighted by molar-refractivity contribution is 6.42. The summed E-state index contributed by atoms with van der Waals surface area (Å²) in [6.07, 6.45) is 1.76. The lowest BCUT2D eigenvalue weighted by Gasteiger charge is -2.02. The molecule has 0 unspecified atom stereocenters. The summed E-state index contributed by atoms with van der Waals surface area (Å²) in [5.41, 5.74) is 2.77. The minimum absolute atomic E-state index is 0.533. The van der Waals surface area contributed by atoms with E-state index in [0.717, 1.165) is 16.6 Å². The normalized spacial score (nSPS) is 11.3. The van der Waals surface area contributed by atoms with E-state index in [-0.39, 0.29) is 0 Å². The first-order chi connectivity index (χ1) is 7.27. The summed E-state index contributed by atoms with van der Waals surface area (Å²) in [5, 5.41) is 1.08. The molecule has 0 aliphatic heterocycles. The van der Waals surface area contributed by atoms with Crippen LogP contribution in [0.3, 0.4) is 0 Å². The van der Waals surface area contributed by atoms with E-state index in [0.29, 0.717) is 10.2 Å². The van der Waals surface area contributed by atoms with E-state index in [9.17, 15) is 0 Å². The van der Waals surface area contributed by atoms with Crippen LogP contribution in [0.4, 0.5) is 0 Å². The Morgan fingerprint density at radius 3 is 2.80 bits per heavy atom. The van der Waals surface area contributed by atoms with Crippen molar-refractivity contribution in [2.75, 3.05) is 0 Å². The first-order valence-corrected chi connectivity index (χ1v) is 5.23. The number of nitrogens with zero attached hydrogens (tertiary/aromatic N) is 2. The number of rotatable bonds is 0. The van der Waals surface area contributed by atoms with Crippen molar-refractivity contribution < 1.29 is 0 Å². The highest BCUT2D eigenvalue weighted by Crippen LogP contribution is 2.28. The van der Waals surface area contributed by atoms with Crippen molar-refractivity contribution in [1.29, 1.82) is 0 Å². The summed E-state index contributed by atoms with van der Waals surface area (Å²) in [6, 6.07) is 9.62. The van der Waals surface area contributed by atoms with Crippen LogP contribution in [0.1, 0.15) is 0 Å². The van der Waals surface area contributed by atoms with Crippen LogP contribution >= 0.6 is 23.2 Å². The van der Waals surface area contributed by atoms with Gasteiger partial charge in [0.1, 0.15) is 5.15 Å². The number of halogens is 2. The molecule has 0 saturated heterocycles. The zero-order chi connectivity index (χ0) is 10.4. The maximum Gasteiger partial charge on any atom is 0.132 e. The van der Waals surface area contributed by atoms with Crippen molar-refractivity contribution in [3.63, 3.8) is 0 Å². The molecule has 3 rings (SSSR count). The molecule has 2 heterocycles. The summed E-state index contributed by atoms with van der Waals surface area (Å²) in [4.78, 5) is 4.33. The fourth-order valence-electron chi connectivity index (χ4n) is 1.71. The summed E-state index contributed by atoms with van der Waals surface area (Å²) in [7, 11) is 0. The molecule has 0 aliphatic carbocycles. The SMILES string of the molecule is Clc1cc2cnc3ccccc3n2c1Cl. The van der Waals surface area contributed by atoms with Crippen molar-refractivity contribution in [3.05, 3.63) is 46.7 Å². The molecule has 0 spiro atoms. The third-order valence-corrected chi connectivity index (χ3v) is 3.14. The molecule has 0 amide bonds. The largest absolute Gasteiger partial charge is 0.296 e. The molecule has 0 fully saturated rings. The second kappa shape index (κ2) is 3.12. The average molecular weight is 237 g/mol. The lowest BCUT2D eigenvalue weighted by atomic mass is 10.3. The van der Waals surface area contributed by atoms with Gasteiger partial charge in [0.25, 0.3) is 0 Å². The summed E-state index contributed by atoms with van der Waals surface area (Å²) < 4.78 is 1.90. The molecule has 3 aromatic rings. The molecule has 15 heavy (non-hydrogen) atoms. The number of hydrogen-bond acceptors (Lipinski definition) is 1. The number of benzene rings is 1. The third-order valence-electron chi connectivity index (χ3n) is 2.38. The van der Waals surface area contributed by atoms with Crippen LogP contribution in [0.25, 0.3) is 16.6 Å². The van der Waals surface area contributed by atoms with Gasteiger partial charge < -0.3 is 0 Å². The number of hydrogen-bond donors (Lipinski definition) is 0. The van der Waals surface area contributed by atoms with Gasteiger partial charge in [-0.2, -0.15) is 0 Å². The molecule has 0 bridgehead atoms. The van der Waals surface area contributed by atoms with E-state index in [1.165, 1.54) is 0 Å². The standard InChI is InChI=1S/C11H6Cl2N2/c12-8-5-7-6-14-9-3-1-2-4-10(9)15(7)11(8)13/h1-6H. The Kier molecular flexibility index (Phi) is 1.87. The van der Waals surface area contributed by atoms with Gasteiger partial charge in [-0.05, 0) is 18.2 Å². The van der Waals surface area contributed by atoms with Gasteiger partial charge in [0.15, 0.2) is 0 Å². The zero-order valence-electron chi connectivity index (χ0n) is 7.61. The maximum atomic E-state index is 6.12. The second-order valence-corrected chi connectivity index (χ2v) is 4.06. The molecular weight excluding hydrogens is 231 g/mol. The molecule has 4 heteroatoms. The summed E-state index contributed by atoms with van der Waals surface area (Å²) in [5.74, 6) is 0. The van der Waals surface area contributed by atoms with Crippen LogP contribution in [0.15, 0.2) is 36.5 Å². The zero-order valence-corrected chi connectivity index (χ0v) is 9.13. The predicted molar refractivity (Wildman–Crippen MR) is 62.7 cm³/mol. The quantitative estimate of drug-likeness (QED) is 0.581. The molecule has 0 aliphatic rings. The van der Waals surface area contributed by atoms with E-state index in [1.54, 1.807) is 6.20 Å². The van der Waals surface area contributed by atoms with E-state index < -0.39 is 0 Å². The van der Waals surface area contributed by atoms with E-state index >= 15 is 0 Å². The van der Waals surface area contributed by atoms with Gasteiger partial charge in [0.05, 0.1) is 27.8 Å². The van der Waals surface area contributed by atoms with Crippen LogP contribution < -0.4 is 0 Å². The second-order valence-electron chi connectivity index (χ2n) is 3.29. The Bertz CT molecular complexity index is 658. The molecule has 2 nitrogen and oxygen atoms in total. The third kappa shape index (κ3) is 1.22. The summed E-state index contributed by atoms with van der Waals surface area (Å²) >= 11 is 12.1. The highest BCUT2D eigenvalue weighted by atomic mass is 35.5. The van der Waals surface area contributed by atoms with Crippen LogP contribution in [0.5, 0.6) is 0 Å². The van der Waals surface area contributed by atoms with Crippen molar-refractivity contribution in [3.8, 4) is 0 Å². The van der Waals surface area contributed by atoms with E-state index in [4.69, 9.17) is 23.2 Å². The van der Waals surface area contributed by atoms with Crippen molar-refractivity contribution in [2.45, 2.75) is 0 Å². The molecule has 0 radical (unpaired) electrons. The van der Waals surface area contributed by atoms with E-state index in [1.807, 2.05) is 34.7 Å². The fraction of sp³-hybridized carbons (Fsp3) is 0. The Morgan fingerprint density at radius 1 is 1.13 bits per heavy atom. The topological polar surface area (TPSA) is 17.3 Å². The fourth-order valence-corrected chi connectivity index (χ4v) is 2.15. The molecular formula is C11H6Cl2N2. The van der Waals surface area contributed by atoms with Crippen LogP contribution in [-0.4, -0.2) is 9.38 Å². The summed E-state index contributed by atoms with van der Waals surface area (Å²) in [6.45, 7) is 0. The Morgan fingerprint density at radius 2 is 1.93 bits per heavy atom. The van der Waals surface area contributed by atoms with Gasteiger partial charge in [-0.15, -0.1) is 0 Å². The van der Waals surface area contributed by atoms with E-state index in [2.05, 4.69) is 4.98 Å². The lowest BCUT2D eigenvalue weighted by molar-refractivity contribution is 1.23. The molecule has 74 valence electrons. The minimum Gasteiger partial charge on any atom is -0.296 e. The van der Waals surface area contributed by atoms with Gasteiger partial charge in [-0.3, -0.25) is 9.38 Å². The average Bonchev–Trinajstić information content (AvgIpc) is 2.55. The lowest BCUT2D eigenvalue weighted by Crippen LogP contribution is -1.89. The number of para-hydroxylation sites is 2. The van der Waals surface area contributed by atoms with Crippen molar-refractivity contribution >= 4 is 39.8 Å². The number of fused-ring (bicyclic) bond motifs is 3. The molecule has 1 aromatic carbocycles.